The van der Waals surface area contributed by atoms with Crippen LogP contribution in [0, 0.1) is 23.1 Å². The first-order valence-electron chi connectivity index (χ1n) is 11.0. The van der Waals surface area contributed by atoms with Gasteiger partial charge >= 0.3 is 0 Å². The Bertz CT molecular complexity index is 1200. The molecule has 0 spiro atoms. The van der Waals surface area contributed by atoms with E-state index in [0.29, 0.717) is 11.4 Å². The summed E-state index contributed by atoms with van der Waals surface area (Å²) in [4.78, 5) is 44.0. The van der Waals surface area contributed by atoms with Crippen LogP contribution >= 0.6 is 0 Å². The van der Waals surface area contributed by atoms with Crippen molar-refractivity contribution < 1.29 is 23.5 Å². The number of hydrogen-bond acceptors (Lipinski definition) is 5. The fourth-order valence-corrected chi connectivity index (χ4v) is 5.27. The van der Waals surface area contributed by atoms with Crippen molar-refractivity contribution in [2.75, 3.05) is 16.9 Å². The van der Waals surface area contributed by atoms with Crippen LogP contribution in [0.3, 0.4) is 0 Å². The Morgan fingerprint density at radius 1 is 1.00 bits per heavy atom. The number of carbonyl (C=O) groups is 3. The molecule has 170 valence electrons. The maximum Gasteiger partial charge on any atom is 0.240 e. The van der Waals surface area contributed by atoms with Crippen LogP contribution in [0.5, 0.6) is 5.75 Å². The van der Waals surface area contributed by atoms with Crippen molar-refractivity contribution in [2.24, 2.45) is 17.3 Å². The molecule has 7 heteroatoms. The molecule has 6 nitrogen and oxygen atoms in total. The van der Waals surface area contributed by atoms with E-state index >= 15 is 0 Å². The Morgan fingerprint density at radius 2 is 1.67 bits per heavy atom. The van der Waals surface area contributed by atoms with E-state index in [2.05, 4.69) is 0 Å². The van der Waals surface area contributed by atoms with E-state index in [1.54, 1.807) is 7.11 Å². The van der Waals surface area contributed by atoms with Crippen molar-refractivity contribution in [1.82, 2.24) is 0 Å². The van der Waals surface area contributed by atoms with Gasteiger partial charge in [-0.1, -0.05) is 32.9 Å². The summed E-state index contributed by atoms with van der Waals surface area (Å²) in [5.74, 6) is -2.17. The predicted molar refractivity (Wildman–Crippen MR) is 122 cm³/mol. The molecule has 2 aromatic carbocycles. The number of benzene rings is 2. The van der Waals surface area contributed by atoms with Gasteiger partial charge in [0.25, 0.3) is 0 Å². The highest BCUT2D eigenvalue weighted by atomic mass is 19.1. The first-order valence-corrected chi connectivity index (χ1v) is 11.0. The Hall–Kier alpha value is -3.48. The maximum atomic E-state index is 13.7. The smallest absolute Gasteiger partial charge is 0.240 e. The second-order valence-corrected chi connectivity index (χ2v) is 9.78. The van der Waals surface area contributed by atoms with Gasteiger partial charge in [0, 0.05) is 16.7 Å². The third-order valence-corrected chi connectivity index (χ3v) is 6.81. The van der Waals surface area contributed by atoms with Crippen LogP contribution in [0.2, 0.25) is 0 Å². The molecule has 33 heavy (non-hydrogen) atoms. The van der Waals surface area contributed by atoms with Crippen LogP contribution in [-0.2, 0) is 14.4 Å². The minimum atomic E-state index is -0.822. The van der Waals surface area contributed by atoms with Gasteiger partial charge in [0.2, 0.25) is 11.8 Å². The molecule has 4 atom stereocenters. The number of ketones is 1. The number of carbonyl (C=O) groups excluding carboxylic acids is 3. The number of hydrogen-bond donors (Lipinski definition) is 0. The molecule has 2 fully saturated rings. The normalized spacial score (nSPS) is 25.7. The Balaban J connectivity index is 1.64. The number of amides is 2. The Morgan fingerprint density at radius 3 is 2.30 bits per heavy atom. The number of nitrogens with zero attached hydrogens (tertiary/aromatic N) is 2. The number of anilines is 2. The number of rotatable bonds is 3. The molecule has 2 saturated heterocycles. The third kappa shape index (κ3) is 3.09. The van der Waals surface area contributed by atoms with Crippen molar-refractivity contribution >= 4 is 35.0 Å². The number of imide groups is 1. The zero-order valence-electron chi connectivity index (χ0n) is 18.9. The molecule has 0 radical (unpaired) electrons. The summed E-state index contributed by atoms with van der Waals surface area (Å²) in [7, 11) is 1.59. The van der Waals surface area contributed by atoms with E-state index in [0.717, 1.165) is 16.2 Å². The lowest BCUT2D eigenvalue weighted by molar-refractivity contribution is -0.132. The molecule has 3 aliphatic heterocycles. The highest BCUT2D eigenvalue weighted by Gasteiger charge is 2.65. The van der Waals surface area contributed by atoms with Crippen molar-refractivity contribution in [3.8, 4) is 5.75 Å². The SMILES string of the molecule is COc1ccc2c(c1)C=CC1C3C(=O)N(c4ccc(F)cc4)C(=O)C3C(C(=O)C(C)(C)C)N21. The van der Waals surface area contributed by atoms with Crippen LogP contribution in [0.1, 0.15) is 26.3 Å². The first-order chi connectivity index (χ1) is 15.6. The van der Waals surface area contributed by atoms with E-state index in [4.69, 9.17) is 4.74 Å². The van der Waals surface area contributed by atoms with Gasteiger partial charge in [0.05, 0.1) is 30.7 Å². The quantitative estimate of drug-likeness (QED) is 0.668. The van der Waals surface area contributed by atoms with Crippen LogP contribution in [-0.4, -0.2) is 36.8 Å². The fourth-order valence-electron chi connectivity index (χ4n) is 5.27. The van der Waals surface area contributed by atoms with Crippen LogP contribution in [0.25, 0.3) is 6.08 Å². The van der Waals surface area contributed by atoms with Gasteiger partial charge in [0.15, 0.2) is 5.78 Å². The fraction of sp³-hybridized carbons (Fsp3) is 0.346. The maximum absolute atomic E-state index is 13.7. The monoisotopic (exact) mass is 448 g/mol. The van der Waals surface area contributed by atoms with E-state index in [-0.39, 0.29) is 11.7 Å². The molecule has 0 N–H and O–H groups in total. The predicted octanol–water partition coefficient (Wildman–Crippen LogP) is 3.84. The average Bonchev–Trinajstić information content (AvgIpc) is 3.26. The summed E-state index contributed by atoms with van der Waals surface area (Å²) in [6.07, 6.45) is 3.81. The molecule has 0 bridgehead atoms. The van der Waals surface area contributed by atoms with Gasteiger partial charge in [-0.05, 0) is 42.5 Å². The molecule has 3 aliphatic rings. The van der Waals surface area contributed by atoms with Gasteiger partial charge in [-0.25, -0.2) is 9.29 Å². The third-order valence-electron chi connectivity index (χ3n) is 6.81. The summed E-state index contributed by atoms with van der Waals surface area (Å²) in [5, 5.41) is 0. The molecular formula is C26H25FN2O4. The van der Waals surface area contributed by atoms with Crippen LogP contribution in [0.15, 0.2) is 48.5 Å². The molecule has 2 amide bonds. The van der Waals surface area contributed by atoms with E-state index < -0.39 is 41.1 Å². The minimum Gasteiger partial charge on any atom is -0.497 e. The minimum absolute atomic E-state index is 0.0980. The number of fused-ring (bicyclic) bond motifs is 5. The summed E-state index contributed by atoms with van der Waals surface area (Å²) < 4.78 is 18.8. The van der Waals surface area contributed by atoms with Gasteiger partial charge in [-0.15, -0.1) is 0 Å². The van der Waals surface area contributed by atoms with Gasteiger partial charge in [-0.3, -0.25) is 14.4 Å². The Labute approximate surface area is 191 Å². The molecule has 3 heterocycles. The number of methoxy groups -OCH3 is 1. The molecule has 5 rings (SSSR count). The molecule has 0 aromatic heterocycles. The summed E-state index contributed by atoms with van der Waals surface area (Å²) in [6.45, 7) is 5.47. The Kier molecular flexibility index (Phi) is 4.71. The van der Waals surface area contributed by atoms with Crippen molar-refractivity contribution in [2.45, 2.75) is 32.9 Å². The van der Waals surface area contributed by atoms with E-state index in [1.807, 2.05) is 56.0 Å². The second kappa shape index (κ2) is 7.27. The number of ether oxygens (including phenoxy) is 1. The molecule has 0 aliphatic carbocycles. The molecular weight excluding hydrogens is 423 g/mol. The lowest BCUT2D eigenvalue weighted by Crippen LogP contribution is -2.51. The zero-order valence-corrected chi connectivity index (χ0v) is 18.9. The van der Waals surface area contributed by atoms with Crippen molar-refractivity contribution in [3.05, 3.63) is 59.9 Å². The van der Waals surface area contributed by atoms with E-state index in [1.165, 1.54) is 24.3 Å². The molecule has 2 aromatic rings. The lowest BCUT2D eigenvalue weighted by Gasteiger charge is -2.38. The average molecular weight is 448 g/mol. The van der Waals surface area contributed by atoms with Crippen molar-refractivity contribution in [3.63, 3.8) is 0 Å². The number of halogens is 1. The molecule has 4 unspecified atom stereocenters. The van der Waals surface area contributed by atoms with Crippen LogP contribution in [0.4, 0.5) is 15.8 Å². The standard InChI is InChI=1S/C26H25FN2O4/c1-26(2,3)23(30)22-21-20(24(31)28(25(21)32)16-8-6-15(27)7-9-16)19-11-5-14-13-17(33-4)10-12-18(14)29(19)22/h5-13,19-22H,1-4H3. The zero-order chi connectivity index (χ0) is 23.7. The summed E-state index contributed by atoms with van der Waals surface area (Å²) in [6, 6.07) is 9.62. The van der Waals surface area contributed by atoms with Crippen LogP contribution < -0.4 is 14.5 Å². The topological polar surface area (TPSA) is 66.9 Å². The highest BCUT2D eigenvalue weighted by Crippen LogP contribution is 2.50. The molecule has 0 saturated carbocycles. The van der Waals surface area contributed by atoms with Gasteiger partial charge in [0.1, 0.15) is 17.6 Å². The lowest BCUT2D eigenvalue weighted by atomic mass is 9.79. The largest absolute Gasteiger partial charge is 0.497 e. The second-order valence-electron chi connectivity index (χ2n) is 9.78. The van der Waals surface area contributed by atoms with Crippen molar-refractivity contribution in [1.29, 1.82) is 0 Å². The van der Waals surface area contributed by atoms with E-state index in [9.17, 15) is 18.8 Å². The summed E-state index contributed by atoms with van der Waals surface area (Å²) in [5.41, 5.74) is 1.27. The van der Waals surface area contributed by atoms with Gasteiger partial charge in [-0.2, -0.15) is 0 Å². The number of Topliss-reactive ketones (excluding diaryl/α,β-unsaturated/α-hetero) is 1. The summed E-state index contributed by atoms with van der Waals surface area (Å²) >= 11 is 0. The van der Waals surface area contributed by atoms with Gasteiger partial charge < -0.3 is 9.64 Å². The highest BCUT2D eigenvalue weighted by molar-refractivity contribution is 6.25. The first kappa shape index (κ1) is 21.4.